The Morgan fingerprint density at radius 2 is 2.12 bits per heavy atom. The number of rotatable bonds is 6. The number of nitrogens with two attached hydrogens (primary N) is 1. The molecule has 1 saturated carbocycles. The van der Waals surface area contributed by atoms with Gasteiger partial charge in [0.25, 0.3) is 5.91 Å². The first-order chi connectivity index (χ1) is 15.1. The zero-order chi connectivity index (χ0) is 23.1. The van der Waals surface area contributed by atoms with E-state index in [9.17, 15) is 18.0 Å². The molecule has 1 aliphatic carbocycles. The van der Waals surface area contributed by atoms with Crippen LogP contribution in [-0.2, 0) is 6.18 Å². The van der Waals surface area contributed by atoms with Crippen molar-refractivity contribution in [2.24, 2.45) is 11.7 Å². The van der Waals surface area contributed by atoms with E-state index in [1.54, 1.807) is 0 Å². The number of aromatic nitrogens is 2. The summed E-state index contributed by atoms with van der Waals surface area (Å²) in [5.74, 6) is 0.282. The highest BCUT2D eigenvalue weighted by molar-refractivity contribution is 6.04. The monoisotopic (exact) mass is 449 g/mol. The third-order valence-corrected chi connectivity index (χ3v) is 5.86. The SMILES string of the molecule is COc1ncc(C(=O)NCC2CC2)c(N2CC[C@](C)(N)C2)c1-c1ccnc(C(F)(F)F)c1. The summed E-state index contributed by atoms with van der Waals surface area (Å²) in [6, 6.07) is 2.41. The number of anilines is 1. The van der Waals surface area contributed by atoms with Gasteiger partial charge in [-0.2, -0.15) is 13.2 Å². The van der Waals surface area contributed by atoms with Gasteiger partial charge in [-0.3, -0.25) is 9.78 Å². The Hall–Kier alpha value is -2.88. The first kappa shape index (κ1) is 22.3. The summed E-state index contributed by atoms with van der Waals surface area (Å²) in [5, 5.41) is 2.93. The van der Waals surface area contributed by atoms with Crippen molar-refractivity contribution < 1.29 is 22.7 Å². The van der Waals surface area contributed by atoms with E-state index in [1.165, 1.54) is 19.4 Å². The summed E-state index contributed by atoms with van der Waals surface area (Å²) in [4.78, 5) is 22.7. The number of hydrogen-bond acceptors (Lipinski definition) is 6. The van der Waals surface area contributed by atoms with Gasteiger partial charge in [0.15, 0.2) is 0 Å². The quantitative estimate of drug-likeness (QED) is 0.703. The van der Waals surface area contributed by atoms with E-state index in [1.807, 2.05) is 11.8 Å². The van der Waals surface area contributed by atoms with Crippen LogP contribution >= 0.6 is 0 Å². The second-order valence-electron chi connectivity index (χ2n) is 8.81. The highest BCUT2D eigenvalue weighted by Gasteiger charge is 2.37. The lowest BCUT2D eigenvalue weighted by molar-refractivity contribution is -0.141. The molecule has 0 aromatic carbocycles. The molecule has 7 nitrogen and oxygen atoms in total. The summed E-state index contributed by atoms with van der Waals surface area (Å²) in [6.07, 6.45) is 0.725. The van der Waals surface area contributed by atoms with E-state index in [0.29, 0.717) is 43.2 Å². The van der Waals surface area contributed by atoms with E-state index in [0.717, 1.165) is 25.1 Å². The highest BCUT2D eigenvalue weighted by Crippen LogP contribution is 2.43. The van der Waals surface area contributed by atoms with Gasteiger partial charge >= 0.3 is 6.18 Å². The van der Waals surface area contributed by atoms with E-state index in [4.69, 9.17) is 10.5 Å². The first-order valence-corrected chi connectivity index (χ1v) is 10.5. The maximum Gasteiger partial charge on any atom is 0.433 e. The Morgan fingerprint density at radius 1 is 1.38 bits per heavy atom. The van der Waals surface area contributed by atoms with Gasteiger partial charge in [0.05, 0.1) is 23.9 Å². The molecule has 32 heavy (non-hydrogen) atoms. The molecular weight excluding hydrogens is 423 g/mol. The van der Waals surface area contributed by atoms with Crippen LogP contribution in [0.2, 0.25) is 0 Å². The molecule has 3 heterocycles. The van der Waals surface area contributed by atoms with Crippen LogP contribution in [0.15, 0.2) is 24.5 Å². The minimum absolute atomic E-state index is 0.128. The van der Waals surface area contributed by atoms with Crippen molar-refractivity contribution in [1.82, 2.24) is 15.3 Å². The van der Waals surface area contributed by atoms with E-state index >= 15 is 0 Å². The maximum atomic E-state index is 13.4. The number of nitrogens with one attached hydrogen (secondary N) is 1. The van der Waals surface area contributed by atoms with Gasteiger partial charge in [-0.25, -0.2) is 4.98 Å². The molecule has 2 aromatic rings. The third kappa shape index (κ3) is 4.64. The highest BCUT2D eigenvalue weighted by atomic mass is 19.4. The van der Waals surface area contributed by atoms with Crippen LogP contribution in [0.3, 0.4) is 0 Å². The molecule has 0 unspecified atom stereocenters. The molecule has 1 aliphatic heterocycles. The number of halogens is 3. The number of pyridine rings is 2. The zero-order valence-corrected chi connectivity index (χ0v) is 18.0. The lowest BCUT2D eigenvalue weighted by Gasteiger charge is -2.27. The molecule has 0 radical (unpaired) electrons. The topological polar surface area (TPSA) is 93.4 Å². The normalized spacial score (nSPS) is 21.0. The minimum Gasteiger partial charge on any atom is -0.480 e. The van der Waals surface area contributed by atoms with Crippen molar-refractivity contribution in [2.75, 3.05) is 31.6 Å². The summed E-state index contributed by atoms with van der Waals surface area (Å²) < 4.78 is 45.5. The zero-order valence-electron chi connectivity index (χ0n) is 18.0. The van der Waals surface area contributed by atoms with Crippen LogP contribution in [0, 0.1) is 5.92 Å². The molecular formula is C22H26F3N5O2. The Bertz CT molecular complexity index is 1020. The molecule has 2 aliphatic rings. The number of hydrogen-bond donors (Lipinski definition) is 2. The number of carbonyl (C=O) groups excluding carboxylic acids is 1. The molecule has 2 aromatic heterocycles. The molecule has 2 fully saturated rings. The van der Waals surface area contributed by atoms with E-state index in [2.05, 4.69) is 15.3 Å². The Morgan fingerprint density at radius 3 is 2.72 bits per heavy atom. The predicted octanol–water partition coefficient (Wildman–Crippen LogP) is 3.24. The largest absolute Gasteiger partial charge is 0.480 e. The fourth-order valence-corrected chi connectivity index (χ4v) is 3.97. The molecule has 4 rings (SSSR count). The number of nitrogens with zero attached hydrogens (tertiary/aromatic N) is 3. The fourth-order valence-electron chi connectivity index (χ4n) is 3.97. The smallest absolute Gasteiger partial charge is 0.433 e. The Labute approximate surface area is 184 Å². The van der Waals surface area contributed by atoms with Gasteiger partial charge in [-0.05, 0) is 49.8 Å². The van der Waals surface area contributed by atoms with Gasteiger partial charge in [0.2, 0.25) is 5.88 Å². The number of alkyl halides is 3. The van der Waals surface area contributed by atoms with Crippen LogP contribution in [0.4, 0.5) is 18.9 Å². The number of carbonyl (C=O) groups is 1. The van der Waals surface area contributed by atoms with Crippen LogP contribution in [0.5, 0.6) is 5.88 Å². The molecule has 1 amide bonds. The van der Waals surface area contributed by atoms with Gasteiger partial charge in [-0.15, -0.1) is 0 Å². The average Bonchev–Trinajstić information content (AvgIpc) is 3.51. The average molecular weight is 449 g/mol. The van der Waals surface area contributed by atoms with Gasteiger partial charge in [0.1, 0.15) is 5.69 Å². The molecule has 10 heteroatoms. The minimum atomic E-state index is -4.61. The maximum absolute atomic E-state index is 13.4. The summed E-state index contributed by atoms with van der Waals surface area (Å²) in [5.41, 5.74) is 6.09. The van der Waals surface area contributed by atoms with Crippen molar-refractivity contribution in [3.8, 4) is 17.0 Å². The summed E-state index contributed by atoms with van der Waals surface area (Å²) in [7, 11) is 1.39. The standard InChI is InChI=1S/C22H26F3N5O2/c1-21(26)6-8-30(12-21)18-15(19(31)28-10-13-3-4-13)11-29-20(32-2)17(18)14-5-7-27-16(9-14)22(23,24)25/h5,7,9,11,13H,3-4,6,8,10,12,26H2,1-2H3,(H,28,31)/t21-/m0/s1. The molecule has 3 N–H and O–H groups in total. The van der Waals surface area contributed by atoms with Crippen molar-refractivity contribution >= 4 is 11.6 Å². The van der Waals surface area contributed by atoms with E-state index in [-0.39, 0.29) is 22.9 Å². The van der Waals surface area contributed by atoms with E-state index < -0.39 is 17.4 Å². The van der Waals surface area contributed by atoms with Gasteiger partial charge < -0.3 is 20.7 Å². The fraction of sp³-hybridized carbons (Fsp3) is 0.500. The second kappa shape index (κ2) is 8.23. The van der Waals surface area contributed by atoms with Crippen LogP contribution in [-0.4, -0.2) is 48.2 Å². The van der Waals surface area contributed by atoms with Crippen LogP contribution in [0.25, 0.3) is 11.1 Å². The molecule has 0 spiro atoms. The lowest BCUT2D eigenvalue weighted by atomic mass is 10.00. The van der Waals surface area contributed by atoms with Crippen LogP contribution in [0.1, 0.15) is 42.2 Å². The molecule has 172 valence electrons. The molecule has 1 saturated heterocycles. The van der Waals surface area contributed by atoms with Gasteiger partial charge in [0, 0.05) is 37.6 Å². The van der Waals surface area contributed by atoms with Crippen molar-refractivity contribution in [2.45, 2.75) is 37.9 Å². The Balaban J connectivity index is 1.87. The second-order valence-corrected chi connectivity index (χ2v) is 8.81. The van der Waals surface area contributed by atoms with Crippen LogP contribution < -0.4 is 20.7 Å². The third-order valence-electron chi connectivity index (χ3n) is 5.86. The Kier molecular flexibility index (Phi) is 5.74. The predicted molar refractivity (Wildman–Crippen MR) is 114 cm³/mol. The van der Waals surface area contributed by atoms with Crippen molar-refractivity contribution in [1.29, 1.82) is 0 Å². The lowest BCUT2D eigenvalue weighted by Crippen LogP contribution is -2.39. The number of methoxy groups -OCH3 is 1. The van der Waals surface area contributed by atoms with Gasteiger partial charge in [-0.1, -0.05) is 0 Å². The summed E-state index contributed by atoms with van der Waals surface area (Å²) in [6.45, 7) is 3.45. The molecule has 0 bridgehead atoms. The van der Waals surface area contributed by atoms with Crippen molar-refractivity contribution in [3.05, 3.63) is 35.8 Å². The molecule has 1 atom stereocenters. The number of ether oxygens (including phenoxy) is 1. The number of amides is 1. The summed E-state index contributed by atoms with van der Waals surface area (Å²) >= 11 is 0. The van der Waals surface area contributed by atoms with Crippen molar-refractivity contribution in [3.63, 3.8) is 0 Å². The first-order valence-electron chi connectivity index (χ1n) is 10.5.